The molecule has 1 N–H and O–H groups in total. The molecule has 0 saturated heterocycles. The number of hydrogen-bond acceptors (Lipinski definition) is 9. The molecule has 0 radical (unpaired) electrons. The fourth-order valence-electron chi connectivity index (χ4n) is 5.00. The van der Waals surface area contributed by atoms with Crippen molar-refractivity contribution in [1.82, 2.24) is 4.57 Å². The highest BCUT2D eigenvalue weighted by atomic mass is 32.1. The zero-order valence-electron chi connectivity index (χ0n) is 25.4. The number of thiazole rings is 1. The Morgan fingerprint density at radius 1 is 0.978 bits per heavy atom. The van der Waals surface area contributed by atoms with E-state index in [1.165, 1.54) is 18.4 Å². The van der Waals surface area contributed by atoms with Gasteiger partial charge in [-0.1, -0.05) is 53.8 Å². The molecule has 0 spiro atoms. The first-order chi connectivity index (χ1) is 21.8. The van der Waals surface area contributed by atoms with Crippen LogP contribution in [0.5, 0.6) is 17.2 Å². The highest BCUT2D eigenvalue weighted by Gasteiger charge is 2.32. The van der Waals surface area contributed by atoms with Crippen LogP contribution in [0.3, 0.4) is 0 Å². The highest BCUT2D eigenvalue weighted by Crippen LogP contribution is 2.33. The lowest BCUT2D eigenvalue weighted by atomic mass is 9.95. The summed E-state index contributed by atoms with van der Waals surface area (Å²) in [5.74, 6) is 0.474. The average molecular weight is 628 g/mol. The normalized spacial score (nSPS) is 14.3. The second-order valence-corrected chi connectivity index (χ2v) is 10.9. The number of carbonyl (C=O) groups is 2. The number of nitrogens with one attached hydrogen (secondary N) is 1. The first-order valence-corrected chi connectivity index (χ1v) is 15.2. The first kappa shape index (κ1) is 31.3. The van der Waals surface area contributed by atoms with Gasteiger partial charge in [-0.15, -0.1) is 0 Å². The summed E-state index contributed by atoms with van der Waals surface area (Å²) >= 11 is 1.19. The molecule has 3 aromatic carbocycles. The molecule has 10 nitrogen and oxygen atoms in total. The number of amides is 1. The lowest BCUT2D eigenvalue weighted by Gasteiger charge is -2.25. The van der Waals surface area contributed by atoms with Gasteiger partial charge in [0.1, 0.15) is 5.75 Å². The number of aromatic nitrogens is 1. The number of para-hydroxylation sites is 2. The van der Waals surface area contributed by atoms with Crippen LogP contribution in [0.4, 0.5) is 5.69 Å². The number of hydrogen-bond donors (Lipinski definition) is 1. The molecule has 4 aromatic rings. The van der Waals surface area contributed by atoms with E-state index < -0.39 is 12.0 Å². The van der Waals surface area contributed by atoms with E-state index in [2.05, 4.69) is 5.32 Å². The highest BCUT2D eigenvalue weighted by molar-refractivity contribution is 7.07. The maximum absolute atomic E-state index is 14.2. The van der Waals surface area contributed by atoms with Crippen molar-refractivity contribution in [1.29, 1.82) is 0 Å². The predicted molar refractivity (Wildman–Crippen MR) is 172 cm³/mol. The summed E-state index contributed by atoms with van der Waals surface area (Å²) in [5.41, 5.74) is 2.38. The van der Waals surface area contributed by atoms with Crippen LogP contribution in [-0.2, 0) is 14.3 Å². The Hall–Kier alpha value is -5.16. The number of allylic oxidation sites excluding steroid dienone is 1. The van der Waals surface area contributed by atoms with E-state index in [1.54, 1.807) is 54.8 Å². The minimum atomic E-state index is -0.757. The van der Waals surface area contributed by atoms with E-state index in [0.29, 0.717) is 55.7 Å². The monoisotopic (exact) mass is 627 g/mol. The van der Waals surface area contributed by atoms with Crippen molar-refractivity contribution >= 4 is 35.0 Å². The molecular formula is C34H33N3O7S. The Balaban J connectivity index is 1.63. The van der Waals surface area contributed by atoms with Crippen LogP contribution >= 0.6 is 11.3 Å². The number of anilines is 1. The Morgan fingerprint density at radius 3 is 2.42 bits per heavy atom. The molecule has 0 saturated carbocycles. The molecule has 11 heteroatoms. The maximum atomic E-state index is 14.2. The van der Waals surface area contributed by atoms with Gasteiger partial charge >= 0.3 is 5.97 Å². The molecule has 0 aliphatic carbocycles. The number of methoxy groups -OCH3 is 1. The zero-order valence-corrected chi connectivity index (χ0v) is 26.2. The van der Waals surface area contributed by atoms with E-state index >= 15 is 0 Å². The molecule has 1 aliphatic rings. The van der Waals surface area contributed by atoms with E-state index in [4.69, 9.17) is 23.9 Å². The number of rotatable bonds is 11. The van der Waals surface area contributed by atoms with Gasteiger partial charge < -0.3 is 24.3 Å². The summed E-state index contributed by atoms with van der Waals surface area (Å²) in [5, 5.41) is 2.95. The largest absolute Gasteiger partial charge is 0.494 e. The molecule has 1 amide bonds. The van der Waals surface area contributed by atoms with Crippen LogP contribution < -0.4 is 34.4 Å². The van der Waals surface area contributed by atoms with Crippen molar-refractivity contribution in [2.24, 2.45) is 4.99 Å². The van der Waals surface area contributed by atoms with Gasteiger partial charge in [0.15, 0.2) is 22.9 Å². The molecule has 5 rings (SSSR count). The Kier molecular flexibility index (Phi) is 9.79. The van der Waals surface area contributed by atoms with Crippen molar-refractivity contribution in [3.05, 3.63) is 115 Å². The fourth-order valence-corrected chi connectivity index (χ4v) is 6.03. The van der Waals surface area contributed by atoms with Crippen molar-refractivity contribution in [3.63, 3.8) is 0 Å². The molecule has 1 aliphatic heterocycles. The van der Waals surface area contributed by atoms with Crippen molar-refractivity contribution in [3.8, 4) is 17.2 Å². The van der Waals surface area contributed by atoms with Crippen LogP contribution in [0.15, 0.2) is 93.9 Å². The second-order valence-electron chi connectivity index (χ2n) is 9.88. The maximum Gasteiger partial charge on any atom is 0.344 e. The molecule has 1 atom stereocenters. The SMILES string of the molecule is CCOC(=O)COc1c(/C=c2\sc3n(c2=O)[C@H](c2ccc(OCC)cc2)C(C(=O)Nc2ccccc2)=C(C)N=3)cccc1OC. The summed E-state index contributed by atoms with van der Waals surface area (Å²) in [4.78, 5) is 45.2. The van der Waals surface area contributed by atoms with E-state index in [0.717, 1.165) is 5.56 Å². The molecule has 1 aromatic heterocycles. The summed E-state index contributed by atoms with van der Waals surface area (Å²) in [6.07, 6.45) is 1.67. The minimum absolute atomic E-state index is 0.225. The second kappa shape index (κ2) is 14.1. The molecule has 2 heterocycles. The van der Waals surface area contributed by atoms with E-state index in [1.807, 2.05) is 49.4 Å². The molecular weight excluding hydrogens is 594 g/mol. The van der Waals surface area contributed by atoms with E-state index in [9.17, 15) is 14.4 Å². The van der Waals surface area contributed by atoms with Crippen LogP contribution in [0.25, 0.3) is 6.08 Å². The quantitative estimate of drug-likeness (QED) is 0.248. The summed E-state index contributed by atoms with van der Waals surface area (Å²) in [6.45, 7) is 5.79. The lowest BCUT2D eigenvalue weighted by Crippen LogP contribution is -2.40. The number of esters is 1. The third kappa shape index (κ3) is 6.83. The Bertz CT molecular complexity index is 1910. The Morgan fingerprint density at radius 2 is 1.73 bits per heavy atom. The fraction of sp³-hybridized carbons (Fsp3) is 0.235. The summed E-state index contributed by atoms with van der Waals surface area (Å²) in [6, 6.07) is 20.9. The molecule has 0 unspecified atom stereocenters. The first-order valence-electron chi connectivity index (χ1n) is 14.4. The topological polar surface area (TPSA) is 117 Å². The molecule has 232 valence electrons. The van der Waals surface area contributed by atoms with Crippen LogP contribution in [-0.4, -0.2) is 43.4 Å². The summed E-state index contributed by atoms with van der Waals surface area (Å²) in [7, 11) is 1.49. The van der Waals surface area contributed by atoms with Gasteiger partial charge in [0.05, 0.1) is 42.2 Å². The lowest BCUT2D eigenvalue weighted by molar-refractivity contribution is -0.145. The van der Waals surface area contributed by atoms with Gasteiger partial charge in [-0.05, 0) is 62.7 Å². The van der Waals surface area contributed by atoms with Gasteiger partial charge in [-0.3, -0.25) is 14.2 Å². The minimum Gasteiger partial charge on any atom is -0.494 e. The van der Waals surface area contributed by atoms with Gasteiger partial charge in [0.2, 0.25) is 0 Å². The smallest absolute Gasteiger partial charge is 0.344 e. The van der Waals surface area contributed by atoms with Crippen molar-refractivity contribution in [2.45, 2.75) is 26.8 Å². The predicted octanol–water partition coefficient (Wildman–Crippen LogP) is 4.22. The van der Waals surface area contributed by atoms with Crippen LogP contribution in [0.2, 0.25) is 0 Å². The zero-order chi connectivity index (χ0) is 31.9. The number of nitrogens with zero attached hydrogens (tertiary/aromatic N) is 2. The number of benzene rings is 3. The van der Waals surface area contributed by atoms with Gasteiger partial charge in [-0.25, -0.2) is 9.79 Å². The number of carbonyl (C=O) groups excluding carboxylic acids is 2. The number of fused-ring (bicyclic) bond motifs is 1. The van der Waals surface area contributed by atoms with Crippen molar-refractivity contribution in [2.75, 3.05) is 32.2 Å². The molecule has 0 fully saturated rings. The molecule has 0 bridgehead atoms. The van der Waals surface area contributed by atoms with Gasteiger partial charge in [0.25, 0.3) is 11.5 Å². The van der Waals surface area contributed by atoms with E-state index in [-0.39, 0.29) is 24.7 Å². The Labute approximate surface area is 263 Å². The number of ether oxygens (including phenoxy) is 4. The third-order valence-corrected chi connectivity index (χ3v) is 7.94. The van der Waals surface area contributed by atoms with Crippen LogP contribution in [0, 0.1) is 0 Å². The summed E-state index contributed by atoms with van der Waals surface area (Å²) < 4.78 is 23.8. The van der Waals surface area contributed by atoms with Crippen LogP contribution in [0.1, 0.15) is 37.9 Å². The third-order valence-electron chi connectivity index (χ3n) is 6.96. The standard InChI is InChI=1S/C34H33N3O7S/c1-5-42-25-17-15-22(16-18-25)30-29(32(39)36-24-12-8-7-9-13-24)21(3)35-34-37(30)33(40)27(45-34)19-23-11-10-14-26(41-4)31(23)44-20-28(38)43-6-2/h7-19,30H,5-6,20H2,1-4H3,(H,36,39)/b27-19-/t30-/m1/s1. The average Bonchev–Trinajstić information content (AvgIpc) is 3.34. The van der Waals surface area contributed by atoms with Gasteiger partial charge in [0, 0.05) is 11.3 Å². The molecule has 45 heavy (non-hydrogen) atoms. The van der Waals surface area contributed by atoms with Gasteiger partial charge in [-0.2, -0.15) is 0 Å². The van der Waals surface area contributed by atoms with Crippen molar-refractivity contribution < 1.29 is 28.5 Å².